The zero-order chi connectivity index (χ0) is 20.0. The molecule has 2 aromatic carbocycles. The Labute approximate surface area is 190 Å². The van der Waals surface area contributed by atoms with E-state index in [0.29, 0.717) is 32.1 Å². The Morgan fingerprint density at radius 2 is 1.62 bits per heavy atom. The standard InChI is InChI=1S/C22H30N4O2.HI/c1-23-22(24-15-9-17-28-20-12-7-4-8-13-20)25-16-14-21(27)26(2)18-19-10-5-3-6-11-19;/h3-8,10-13H,9,14-18H2,1-2H3,(H2,23,24,25);1H. The van der Waals surface area contributed by atoms with E-state index in [-0.39, 0.29) is 29.9 Å². The predicted octanol–water partition coefficient (Wildman–Crippen LogP) is 3.29. The molecule has 6 nitrogen and oxygen atoms in total. The molecule has 0 spiro atoms. The number of ether oxygens (including phenoxy) is 1. The maximum Gasteiger partial charge on any atom is 0.224 e. The Hall–Kier alpha value is -2.29. The lowest BCUT2D eigenvalue weighted by atomic mass is 10.2. The number of benzene rings is 2. The second kappa shape index (κ2) is 14.7. The molecule has 7 heteroatoms. The monoisotopic (exact) mass is 510 g/mol. The zero-order valence-corrected chi connectivity index (χ0v) is 19.5. The summed E-state index contributed by atoms with van der Waals surface area (Å²) in [6.45, 7) is 2.54. The van der Waals surface area contributed by atoms with Crippen LogP contribution in [0.5, 0.6) is 5.75 Å². The second-order valence-corrected chi connectivity index (χ2v) is 6.43. The van der Waals surface area contributed by atoms with E-state index in [4.69, 9.17) is 4.74 Å². The Balaban J connectivity index is 0.00000420. The maximum absolute atomic E-state index is 12.3. The van der Waals surface area contributed by atoms with E-state index in [1.807, 2.05) is 67.7 Å². The zero-order valence-electron chi connectivity index (χ0n) is 17.1. The molecule has 0 saturated carbocycles. The van der Waals surface area contributed by atoms with Gasteiger partial charge in [0, 0.05) is 40.2 Å². The summed E-state index contributed by atoms with van der Waals surface area (Å²) in [6, 6.07) is 19.8. The highest BCUT2D eigenvalue weighted by Crippen LogP contribution is 2.08. The number of hydrogen-bond donors (Lipinski definition) is 2. The van der Waals surface area contributed by atoms with Crippen LogP contribution in [0.15, 0.2) is 65.7 Å². The minimum Gasteiger partial charge on any atom is -0.494 e. The van der Waals surface area contributed by atoms with Crippen LogP contribution >= 0.6 is 24.0 Å². The number of guanidine groups is 1. The lowest BCUT2D eigenvalue weighted by Gasteiger charge is -2.18. The van der Waals surface area contributed by atoms with Gasteiger partial charge in [-0.25, -0.2) is 0 Å². The van der Waals surface area contributed by atoms with Crippen LogP contribution in [0.3, 0.4) is 0 Å². The molecule has 0 saturated heterocycles. The Morgan fingerprint density at radius 3 is 2.28 bits per heavy atom. The molecule has 0 aliphatic carbocycles. The molecule has 158 valence electrons. The van der Waals surface area contributed by atoms with Crippen molar-refractivity contribution >= 4 is 35.8 Å². The molecule has 0 aliphatic heterocycles. The lowest BCUT2D eigenvalue weighted by molar-refractivity contribution is -0.130. The van der Waals surface area contributed by atoms with Crippen molar-refractivity contribution in [3.8, 4) is 5.75 Å². The smallest absolute Gasteiger partial charge is 0.224 e. The fourth-order valence-electron chi connectivity index (χ4n) is 2.63. The molecule has 2 N–H and O–H groups in total. The molecule has 29 heavy (non-hydrogen) atoms. The molecule has 0 fully saturated rings. The second-order valence-electron chi connectivity index (χ2n) is 6.43. The van der Waals surface area contributed by atoms with Crippen LogP contribution in [-0.4, -0.2) is 50.6 Å². The first-order valence-electron chi connectivity index (χ1n) is 9.59. The van der Waals surface area contributed by atoms with Crippen LogP contribution in [-0.2, 0) is 11.3 Å². The van der Waals surface area contributed by atoms with Gasteiger partial charge < -0.3 is 20.3 Å². The lowest BCUT2D eigenvalue weighted by Crippen LogP contribution is -2.40. The Morgan fingerprint density at radius 1 is 1.00 bits per heavy atom. The maximum atomic E-state index is 12.3. The molecule has 0 atom stereocenters. The van der Waals surface area contributed by atoms with Gasteiger partial charge in [0.05, 0.1) is 6.61 Å². The summed E-state index contributed by atoms with van der Waals surface area (Å²) in [7, 11) is 3.55. The van der Waals surface area contributed by atoms with Gasteiger partial charge in [-0.1, -0.05) is 48.5 Å². The van der Waals surface area contributed by atoms with E-state index >= 15 is 0 Å². The van der Waals surface area contributed by atoms with E-state index in [0.717, 1.165) is 24.3 Å². The van der Waals surface area contributed by atoms with Gasteiger partial charge in [0.15, 0.2) is 5.96 Å². The van der Waals surface area contributed by atoms with Crippen LogP contribution in [0, 0.1) is 0 Å². The predicted molar refractivity (Wildman–Crippen MR) is 129 cm³/mol. The number of nitrogens with one attached hydrogen (secondary N) is 2. The minimum atomic E-state index is 0. The van der Waals surface area contributed by atoms with Crippen molar-refractivity contribution in [1.29, 1.82) is 0 Å². The number of nitrogens with zero attached hydrogens (tertiary/aromatic N) is 2. The summed E-state index contributed by atoms with van der Waals surface area (Å²) in [5, 5.41) is 6.41. The molecule has 1 amide bonds. The number of para-hydroxylation sites is 1. The summed E-state index contributed by atoms with van der Waals surface area (Å²) in [5.41, 5.74) is 1.13. The van der Waals surface area contributed by atoms with Gasteiger partial charge in [-0.05, 0) is 24.1 Å². The normalized spacial score (nSPS) is 10.6. The highest BCUT2D eigenvalue weighted by molar-refractivity contribution is 14.0. The van der Waals surface area contributed by atoms with E-state index in [1.54, 1.807) is 11.9 Å². The van der Waals surface area contributed by atoms with Crippen molar-refractivity contribution in [2.75, 3.05) is 33.8 Å². The van der Waals surface area contributed by atoms with Crippen molar-refractivity contribution in [2.45, 2.75) is 19.4 Å². The number of carbonyl (C=O) groups is 1. The van der Waals surface area contributed by atoms with Crippen molar-refractivity contribution in [1.82, 2.24) is 15.5 Å². The third kappa shape index (κ3) is 10.2. The number of amides is 1. The first kappa shape index (κ1) is 24.7. The topological polar surface area (TPSA) is 66.0 Å². The third-order valence-electron chi connectivity index (χ3n) is 4.17. The van der Waals surface area contributed by atoms with Crippen LogP contribution in [0.4, 0.5) is 0 Å². The highest BCUT2D eigenvalue weighted by Gasteiger charge is 2.09. The van der Waals surface area contributed by atoms with Crippen molar-refractivity contribution < 1.29 is 9.53 Å². The van der Waals surface area contributed by atoms with E-state index in [9.17, 15) is 4.79 Å². The van der Waals surface area contributed by atoms with Gasteiger partial charge in [-0.3, -0.25) is 9.79 Å². The van der Waals surface area contributed by atoms with E-state index in [2.05, 4.69) is 15.6 Å². The molecule has 2 rings (SSSR count). The minimum absolute atomic E-state index is 0. The van der Waals surface area contributed by atoms with E-state index < -0.39 is 0 Å². The van der Waals surface area contributed by atoms with Crippen LogP contribution in [0.1, 0.15) is 18.4 Å². The number of rotatable bonds is 10. The van der Waals surface area contributed by atoms with Gasteiger partial charge >= 0.3 is 0 Å². The summed E-state index contributed by atoms with van der Waals surface area (Å²) >= 11 is 0. The number of hydrogen-bond acceptors (Lipinski definition) is 3. The quantitative estimate of drug-likeness (QED) is 0.223. The van der Waals surface area contributed by atoms with Crippen LogP contribution in [0.2, 0.25) is 0 Å². The van der Waals surface area contributed by atoms with Gasteiger partial charge in [-0.15, -0.1) is 24.0 Å². The Kier molecular flexibility index (Phi) is 12.5. The first-order valence-corrected chi connectivity index (χ1v) is 9.59. The highest BCUT2D eigenvalue weighted by atomic mass is 127. The first-order chi connectivity index (χ1) is 13.7. The molecular weight excluding hydrogens is 479 g/mol. The Bertz CT molecular complexity index is 726. The molecule has 2 aromatic rings. The van der Waals surface area contributed by atoms with Crippen LogP contribution in [0.25, 0.3) is 0 Å². The van der Waals surface area contributed by atoms with Gasteiger partial charge in [0.1, 0.15) is 5.75 Å². The van der Waals surface area contributed by atoms with Crippen molar-refractivity contribution in [3.05, 3.63) is 66.2 Å². The fraction of sp³-hybridized carbons (Fsp3) is 0.364. The summed E-state index contributed by atoms with van der Waals surface area (Å²) in [5.74, 6) is 1.67. The van der Waals surface area contributed by atoms with Gasteiger partial charge in [0.2, 0.25) is 5.91 Å². The fourth-order valence-corrected chi connectivity index (χ4v) is 2.63. The third-order valence-corrected chi connectivity index (χ3v) is 4.17. The van der Waals surface area contributed by atoms with E-state index in [1.165, 1.54) is 0 Å². The van der Waals surface area contributed by atoms with Gasteiger partial charge in [0.25, 0.3) is 0 Å². The number of carbonyl (C=O) groups excluding carboxylic acids is 1. The summed E-state index contributed by atoms with van der Waals surface area (Å²) in [6.07, 6.45) is 1.27. The van der Waals surface area contributed by atoms with Crippen molar-refractivity contribution in [2.24, 2.45) is 4.99 Å². The molecular formula is C22H31IN4O2. The molecule has 0 heterocycles. The molecule has 0 radical (unpaired) electrons. The molecule has 0 unspecified atom stereocenters. The summed E-state index contributed by atoms with van der Waals surface area (Å²) in [4.78, 5) is 18.2. The SMILES string of the molecule is CN=C(NCCCOc1ccccc1)NCCC(=O)N(C)Cc1ccccc1.I. The molecule has 0 bridgehead atoms. The average molecular weight is 510 g/mol. The molecule has 0 aliphatic rings. The number of halogens is 1. The van der Waals surface area contributed by atoms with Crippen molar-refractivity contribution in [3.63, 3.8) is 0 Å². The molecule has 0 aromatic heterocycles. The largest absolute Gasteiger partial charge is 0.494 e. The van der Waals surface area contributed by atoms with Gasteiger partial charge in [-0.2, -0.15) is 0 Å². The summed E-state index contributed by atoms with van der Waals surface area (Å²) < 4.78 is 5.66. The van der Waals surface area contributed by atoms with Crippen LogP contribution < -0.4 is 15.4 Å². The number of aliphatic imine (C=N–C) groups is 1. The average Bonchev–Trinajstić information content (AvgIpc) is 2.73.